The lowest BCUT2D eigenvalue weighted by atomic mass is 10.0. The quantitative estimate of drug-likeness (QED) is 0.409. The van der Waals surface area contributed by atoms with Crippen molar-refractivity contribution in [3.8, 4) is 17.0 Å². The molecule has 0 saturated carbocycles. The number of aromatic nitrogens is 1. The van der Waals surface area contributed by atoms with Crippen LogP contribution in [0.3, 0.4) is 0 Å². The summed E-state index contributed by atoms with van der Waals surface area (Å²) < 4.78 is 18.9. The standard InChI is InChI=1S/C24H18ClFN2O2/c1-2-30-17-10-7-15(8-11-17)23-14-19(18-5-3-4-6-22(18)28-23)24(29)27-16-9-12-21(26)20(25)13-16/h3-14H,2H2,1H3,(H,27,29). The molecule has 0 atom stereocenters. The molecule has 0 saturated heterocycles. The van der Waals surface area contributed by atoms with E-state index in [2.05, 4.69) is 5.32 Å². The van der Waals surface area contributed by atoms with Gasteiger partial charge in [0.1, 0.15) is 11.6 Å². The number of para-hydroxylation sites is 1. The molecule has 0 spiro atoms. The molecule has 1 amide bonds. The zero-order valence-corrected chi connectivity index (χ0v) is 16.9. The van der Waals surface area contributed by atoms with Gasteiger partial charge in [-0.3, -0.25) is 4.79 Å². The Balaban J connectivity index is 1.74. The number of halogens is 2. The van der Waals surface area contributed by atoms with Crippen LogP contribution in [0.15, 0.2) is 72.8 Å². The Kier molecular flexibility index (Phi) is 5.63. The number of hydrogen-bond donors (Lipinski definition) is 1. The summed E-state index contributed by atoms with van der Waals surface area (Å²) in [5.41, 5.74) is 3.10. The third kappa shape index (κ3) is 4.11. The highest BCUT2D eigenvalue weighted by atomic mass is 35.5. The van der Waals surface area contributed by atoms with E-state index in [4.69, 9.17) is 21.3 Å². The lowest BCUT2D eigenvalue weighted by Crippen LogP contribution is -2.13. The molecule has 0 radical (unpaired) electrons. The second-order valence-electron chi connectivity index (χ2n) is 6.61. The molecule has 4 rings (SSSR count). The lowest BCUT2D eigenvalue weighted by Gasteiger charge is -2.11. The number of anilines is 1. The Morgan fingerprint density at radius 3 is 2.57 bits per heavy atom. The molecule has 3 aromatic carbocycles. The van der Waals surface area contributed by atoms with Crippen molar-refractivity contribution in [2.45, 2.75) is 6.92 Å². The molecule has 0 aliphatic rings. The summed E-state index contributed by atoms with van der Waals surface area (Å²) in [5, 5.41) is 3.45. The summed E-state index contributed by atoms with van der Waals surface area (Å²) in [6.45, 7) is 2.52. The van der Waals surface area contributed by atoms with Crippen molar-refractivity contribution in [2.75, 3.05) is 11.9 Å². The van der Waals surface area contributed by atoms with Crippen LogP contribution in [0, 0.1) is 5.82 Å². The number of pyridine rings is 1. The zero-order valence-electron chi connectivity index (χ0n) is 16.2. The number of carbonyl (C=O) groups is 1. The first-order valence-electron chi connectivity index (χ1n) is 9.44. The Morgan fingerprint density at radius 2 is 1.83 bits per heavy atom. The monoisotopic (exact) mass is 420 g/mol. The number of nitrogens with zero attached hydrogens (tertiary/aromatic N) is 1. The average molecular weight is 421 g/mol. The first-order chi connectivity index (χ1) is 14.5. The highest BCUT2D eigenvalue weighted by Gasteiger charge is 2.15. The van der Waals surface area contributed by atoms with Crippen molar-refractivity contribution in [3.05, 3.63) is 89.2 Å². The second-order valence-corrected chi connectivity index (χ2v) is 7.02. The lowest BCUT2D eigenvalue weighted by molar-refractivity contribution is 0.102. The van der Waals surface area contributed by atoms with Crippen molar-refractivity contribution < 1.29 is 13.9 Å². The minimum atomic E-state index is -0.540. The normalized spacial score (nSPS) is 10.8. The first-order valence-corrected chi connectivity index (χ1v) is 9.82. The predicted molar refractivity (Wildman–Crippen MR) is 118 cm³/mol. The molecule has 1 heterocycles. The summed E-state index contributed by atoms with van der Waals surface area (Å²) in [6, 6.07) is 20.8. The maximum absolute atomic E-state index is 13.4. The molecule has 0 aliphatic carbocycles. The third-order valence-corrected chi connectivity index (χ3v) is 4.89. The average Bonchev–Trinajstić information content (AvgIpc) is 2.76. The molecule has 30 heavy (non-hydrogen) atoms. The van der Waals surface area contributed by atoms with Gasteiger partial charge in [-0.15, -0.1) is 0 Å². The molecule has 6 heteroatoms. The van der Waals surface area contributed by atoms with Gasteiger partial charge in [-0.1, -0.05) is 29.8 Å². The van der Waals surface area contributed by atoms with E-state index in [0.29, 0.717) is 29.1 Å². The number of fused-ring (bicyclic) bond motifs is 1. The molecule has 150 valence electrons. The van der Waals surface area contributed by atoms with Gasteiger partial charge in [0.15, 0.2) is 0 Å². The van der Waals surface area contributed by atoms with Crippen LogP contribution in [0.5, 0.6) is 5.75 Å². The smallest absolute Gasteiger partial charge is 0.256 e. The molecule has 1 aromatic heterocycles. The SMILES string of the molecule is CCOc1ccc(-c2cc(C(=O)Nc3ccc(F)c(Cl)c3)c3ccccc3n2)cc1. The van der Waals surface area contributed by atoms with E-state index in [1.54, 1.807) is 6.07 Å². The van der Waals surface area contributed by atoms with Gasteiger partial charge in [-0.25, -0.2) is 9.37 Å². The Morgan fingerprint density at radius 1 is 1.07 bits per heavy atom. The molecule has 0 aliphatic heterocycles. The molecule has 0 fully saturated rings. The van der Waals surface area contributed by atoms with Crippen LogP contribution in [0.25, 0.3) is 22.2 Å². The molecule has 0 unspecified atom stereocenters. The maximum atomic E-state index is 13.4. The number of amides is 1. The van der Waals surface area contributed by atoms with Crippen molar-refractivity contribution >= 4 is 34.1 Å². The number of carbonyl (C=O) groups excluding carboxylic acids is 1. The summed E-state index contributed by atoms with van der Waals surface area (Å²) >= 11 is 5.83. The van der Waals surface area contributed by atoms with Crippen LogP contribution in [-0.2, 0) is 0 Å². The van der Waals surface area contributed by atoms with Crippen LogP contribution in [0.2, 0.25) is 5.02 Å². The van der Waals surface area contributed by atoms with E-state index in [1.807, 2.05) is 55.5 Å². The fourth-order valence-corrected chi connectivity index (χ4v) is 3.35. The highest BCUT2D eigenvalue weighted by molar-refractivity contribution is 6.31. The van der Waals surface area contributed by atoms with Crippen LogP contribution in [-0.4, -0.2) is 17.5 Å². The zero-order chi connectivity index (χ0) is 21.1. The fourth-order valence-electron chi connectivity index (χ4n) is 3.17. The predicted octanol–water partition coefficient (Wildman–Crippen LogP) is 6.35. The first kappa shape index (κ1) is 19.9. The van der Waals surface area contributed by atoms with Gasteiger partial charge in [-0.05, 0) is 61.5 Å². The summed E-state index contributed by atoms with van der Waals surface area (Å²) in [6.07, 6.45) is 0. The maximum Gasteiger partial charge on any atom is 0.256 e. The number of benzene rings is 3. The minimum absolute atomic E-state index is 0.0533. The van der Waals surface area contributed by atoms with E-state index >= 15 is 0 Å². The Labute approximate surface area is 178 Å². The van der Waals surface area contributed by atoms with Crippen molar-refractivity contribution in [1.29, 1.82) is 0 Å². The third-order valence-electron chi connectivity index (χ3n) is 4.60. The van der Waals surface area contributed by atoms with Gasteiger partial charge in [0.05, 0.1) is 28.4 Å². The van der Waals surface area contributed by atoms with Crippen molar-refractivity contribution in [3.63, 3.8) is 0 Å². The highest BCUT2D eigenvalue weighted by Crippen LogP contribution is 2.27. The van der Waals surface area contributed by atoms with E-state index in [-0.39, 0.29) is 10.9 Å². The number of rotatable bonds is 5. The van der Waals surface area contributed by atoms with Gasteiger partial charge in [0.2, 0.25) is 0 Å². The number of ether oxygens (including phenoxy) is 1. The van der Waals surface area contributed by atoms with Gasteiger partial charge >= 0.3 is 0 Å². The van der Waals surface area contributed by atoms with Gasteiger partial charge in [-0.2, -0.15) is 0 Å². The van der Waals surface area contributed by atoms with Gasteiger partial charge in [0.25, 0.3) is 5.91 Å². The van der Waals surface area contributed by atoms with Crippen LogP contribution in [0.4, 0.5) is 10.1 Å². The van der Waals surface area contributed by atoms with E-state index < -0.39 is 5.82 Å². The molecule has 0 bridgehead atoms. The molecule has 4 nitrogen and oxygen atoms in total. The van der Waals surface area contributed by atoms with Crippen molar-refractivity contribution in [1.82, 2.24) is 4.98 Å². The van der Waals surface area contributed by atoms with Crippen molar-refractivity contribution in [2.24, 2.45) is 0 Å². The van der Waals surface area contributed by atoms with Crippen LogP contribution >= 0.6 is 11.6 Å². The van der Waals surface area contributed by atoms with E-state index in [1.165, 1.54) is 18.2 Å². The molecular formula is C24H18ClFN2O2. The number of nitrogens with one attached hydrogen (secondary N) is 1. The van der Waals surface area contributed by atoms with Crippen LogP contribution in [0.1, 0.15) is 17.3 Å². The van der Waals surface area contributed by atoms with E-state index in [9.17, 15) is 9.18 Å². The van der Waals surface area contributed by atoms with E-state index in [0.717, 1.165) is 16.7 Å². The molecule has 4 aromatic rings. The summed E-state index contributed by atoms with van der Waals surface area (Å²) in [7, 11) is 0. The minimum Gasteiger partial charge on any atom is -0.494 e. The molecular weight excluding hydrogens is 403 g/mol. The second kappa shape index (κ2) is 8.51. The summed E-state index contributed by atoms with van der Waals surface area (Å²) in [4.78, 5) is 17.8. The summed E-state index contributed by atoms with van der Waals surface area (Å²) in [5.74, 6) is -0.0986. The topological polar surface area (TPSA) is 51.2 Å². The fraction of sp³-hybridized carbons (Fsp3) is 0.0833. The Bertz CT molecular complexity index is 1230. The van der Waals surface area contributed by atoms with Gasteiger partial charge < -0.3 is 10.1 Å². The molecule has 1 N–H and O–H groups in total. The largest absolute Gasteiger partial charge is 0.494 e. The van der Waals surface area contributed by atoms with Crippen LogP contribution < -0.4 is 10.1 Å². The Hall–Kier alpha value is -3.44. The number of hydrogen-bond acceptors (Lipinski definition) is 3. The van der Waals surface area contributed by atoms with Gasteiger partial charge in [0, 0.05) is 16.6 Å².